The molecule has 18 heavy (non-hydrogen) atoms. The average Bonchev–Trinajstić information content (AvgIpc) is 2.42. The third kappa shape index (κ3) is 4.44. The fraction of sp³-hybridized carbons (Fsp3) is 0.615. The smallest absolute Gasteiger partial charge is 0.0820 e. The first-order valence-electron chi connectivity index (χ1n) is 6.50. The zero-order valence-electron chi connectivity index (χ0n) is 10.6. The summed E-state index contributed by atoms with van der Waals surface area (Å²) >= 11 is 6.01. The van der Waals surface area contributed by atoms with Crippen LogP contribution in [0.4, 0.5) is 5.69 Å². The Labute approximate surface area is 113 Å². The highest BCUT2D eigenvalue weighted by atomic mass is 35.5. The van der Waals surface area contributed by atoms with Gasteiger partial charge in [-0.1, -0.05) is 11.6 Å². The molecule has 0 aromatic carbocycles. The molecule has 0 radical (unpaired) electrons. The molecule has 0 aliphatic carbocycles. The van der Waals surface area contributed by atoms with Gasteiger partial charge in [0.25, 0.3) is 0 Å². The minimum absolute atomic E-state index is 0.686. The van der Waals surface area contributed by atoms with Crippen molar-refractivity contribution in [2.24, 2.45) is 0 Å². The minimum atomic E-state index is 0.686. The van der Waals surface area contributed by atoms with Crippen LogP contribution in [0, 0.1) is 0 Å². The first-order valence-corrected chi connectivity index (χ1v) is 6.87. The Morgan fingerprint density at radius 1 is 1.33 bits per heavy atom. The van der Waals surface area contributed by atoms with E-state index >= 15 is 0 Å². The summed E-state index contributed by atoms with van der Waals surface area (Å²) in [6.07, 6.45) is 5.77. The predicted octanol–water partition coefficient (Wildman–Crippen LogP) is 2.26. The number of morpholine rings is 1. The van der Waals surface area contributed by atoms with Crippen molar-refractivity contribution in [2.75, 3.05) is 44.7 Å². The van der Waals surface area contributed by atoms with Gasteiger partial charge in [-0.25, -0.2) is 0 Å². The number of hydrogen-bond acceptors (Lipinski definition) is 4. The third-order valence-electron chi connectivity index (χ3n) is 3.09. The van der Waals surface area contributed by atoms with E-state index in [1.54, 1.807) is 12.4 Å². The second-order valence-electron chi connectivity index (χ2n) is 4.44. The highest BCUT2D eigenvalue weighted by Crippen LogP contribution is 2.18. The molecule has 1 saturated heterocycles. The molecule has 2 rings (SSSR count). The average molecular weight is 270 g/mol. The maximum Gasteiger partial charge on any atom is 0.0820 e. The van der Waals surface area contributed by atoms with E-state index < -0.39 is 0 Å². The summed E-state index contributed by atoms with van der Waals surface area (Å²) < 4.78 is 5.32. The van der Waals surface area contributed by atoms with Crippen molar-refractivity contribution in [1.29, 1.82) is 0 Å². The molecule has 100 valence electrons. The molecule has 1 aromatic heterocycles. The summed E-state index contributed by atoms with van der Waals surface area (Å²) in [4.78, 5) is 6.42. The molecule has 1 N–H and O–H groups in total. The molecule has 1 aromatic rings. The van der Waals surface area contributed by atoms with Gasteiger partial charge in [0, 0.05) is 32.0 Å². The van der Waals surface area contributed by atoms with Gasteiger partial charge in [-0.05, 0) is 25.5 Å². The van der Waals surface area contributed by atoms with Crippen LogP contribution in [0.1, 0.15) is 12.8 Å². The fourth-order valence-corrected chi connectivity index (χ4v) is 2.21. The van der Waals surface area contributed by atoms with Gasteiger partial charge in [0.15, 0.2) is 0 Å². The molecule has 0 bridgehead atoms. The van der Waals surface area contributed by atoms with Crippen molar-refractivity contribution in [2.45, 2.75) is 12.8 Å². The summed E-state index contributed by atoms with van der Waals surface area (Å²) in [5, 5.41) is 4.02. The largest absolute Gasteiger partial charge is 0.384 e. The summed E-state index contributed by atoms with van der Waals surface area (Å²) in [5.74, 6) is 0. The molecule has 5 heteroatoms. The van der Waals surface area contributed by atoms with Gasteiger partial charge in [-0.2, -0.15) is 0 Å². The Bertz CT molecular complexity index is 356. The molecule has 4 nitrogen and oxygen atoms in total. The highest BCUT2D eigenvalue weighted by molar-refractivity contribution is 6.33. The van der Waals surface area contributed by atoms with Crippen LogP contribution in [0.15, 0.2) is 18.5 Å². The highest BCUT2D eigenvalue weighted by Gasteiger charge is 2.08. The molecule has 2 heterocycles. The first kappa shape index (κ1) is 13.6. The van der Waals surface area contributed by atoms with Gasteiger partial charge in [0.2, 0.25) is 0 Å². The van der Waals surface area contributed by atoms with Gasteiger partial charge in [0.1, 0.15) is 0 Å². The summed E-state index contributed by atoms with van der Waals surface area (Å²) in [7, 11) is 0. The monoisotopic (exact) mass is 269 g/mol. The number of halogens is 1. The molecular weight excluding hydrogens is 250 g/mol. The van der Waals surface area contributed by atoms with E-state index in [2.05, 4.69) is 15.2 Å². The first-order chi connectivity index (χ1) is 8.86. The molecule has 1 aliphatic rings. The van der Waals surface area contributed by atoms with Crippen molar-refractivity contribution in [1.82, 2.24) is 9.88 Å². The predicted molar refractivity (Wildman–Crippen MR) is 74.2 cm³/mol. The number of anilines is 1. The summed E-state index contributed by atoms with van der Waals surface area (Å²) in [5.41, 5.74) is 0.970. The van der Waals surface area contributed by atoms with Crippen LogP contribution >= 0.6 is 11.6 Å². The van der Waals surface area contributed by atoms with Crippen molar-refractivity contribution in [3.05, 3.63) is 23.5 Å². The van der Waals surface area contributed by atoms with Crippen LogP contribution in [0.2, 0.25) is 5.02 Å². The Balaban J connectivity index is 1.57. The third-order valence-corrected chi connectivity index (χ3v) is 3.39. The molecule has 0 unspecified atom stereocenters. The molecule has 1 fully saturated rings. The van der Waals surface area contributed by atoms with Crippen molar-refractivity contribution in [3.63, 3.8) is 0 Å². The van der Waals surface area contributed by atoms with Gasteiger partial charge in [-0.15, -0.1) is 0 Å². The molecular formula is C13H20ClN3O. The van der Waals surface area contributed by atoms with Crippen LogP contribution in [0.5, 0.6) is 0 Å². The maximum atomic E-state index is 6.01. The molecule has 0 atom stereocenters. The normalized spacial score (nSPS) is 16.7. The number of hydrogen-bond donors (Lipinski definition) is 1. The second kappa shape index (κ2) is 7.56. The molecule has 0 saturated carbocycles. The lowest BCUT2D eigenvalue weighted by molar-refractivity contribution is 0.0373. The Morgan fingerprint density at radius 2 is 2.17 bits per heavy atom. The number of nitrogens with one attached hydrogen (secondary N) is 1. The van der Waals surface area contributed by atoms with Crippen LogP contribution in [0.3, 0.4) is 0 Å². The molecule has 0 amide bonds. The SMILES string of the molecule is Clc1cnccc1NCCCCN1CCOCC1. The van der Waals surface area contributed by atoms with Crippen LogP contribution in [-0.4, -0.2) is 49.3 Å². The van der Waals surface area contributed by atoms with E-state index in [0.717, 1.165) is 51.5 Å². The van der Waals surface area contributed by atoms with Gasteiger partial charge >= 0.3 is 0 Å². The van der Waals surface area contributed by atoms with E-state index in [9.17, 15) is 0 Å². The number of rotatable bonds is 6. The Kier molecular flexibility index (Phi) is 5.71. The maximum absolute atomic E-state index is 6.01. The van der Waals surface area contributed by atoms with E-state index in [1.165, 1.54) is 6.42 Å². The van der Waals surface area contributed by atoms with E-state index in [4.69, 9.17) is 16.3 Å². The van der Waals surface area contributed by atoms with Gasteiger partial charge in [0.05, 0.1) is 23.9 Å². The van der Waals surface area contributed by atoms with E-state index in [-0.39, 0.29) is 0 Å². The van der Waals surface area contributed by atoms with Crippen molar-refractivity contribution >= 4 is 17.3 Å². The lowest BCUT2D eigenvalue weighted by atomic mass is 10.2. The zero-order chi connectivity index (χ0) is 12.6. The summed E-state index contributed by atoms with van der Waals surface area (Å²) in [6.45, 7) is 6.02. The second-order valence-corrected chi connectivity index (χ2v) is 4.85. The van der Waals surface area contributed by atoms with Crippen LogP contribution in [0.25, 0.3) is 0 Å². The standard InChI is InChI=1S/C13H20ClN3O/c14-12-11-15-5-3-13(12)16-4-1-2-6-17-7-9-18-10-8-17/h3,5,11H,1-2,4,6-10H2,(H,15,16). The zero-order valence-corrected chi connectivity index (χ0v) is 11.3. The van der Waals surface area contributed by atoms with E-state index in [0.29, 0.717) is 5.02 Å². The van der Waals surface area contributed by atoms with Crippen LogP contribution < -0.4 is 5.32 Å². The number of ether oxygens (including phenoxy) is 1. The number of pyridine rings is 1. The summed E-state index contributed by atoms with van der Waals surface area (Å²) in [6, 6.07) is 1.91. The lowest BCUT2D eigenvalue weighted by Crippen LogP contribution is -2.36. The van der Waals surface area contributed by atoms with Crippen LogP contribution in [-0.2, 0) is 4.74 Å². The quantitative estimate of drug-likeness (QED) is 0.804. The van der Waals surface area contributed by atoms with Crippen molar-refractivity contribution in [3.8, 4) is 0 Å². The topological polar surface area (TPSA) is 37.4 Å². The Hall–Kier alpha value is -0.840. The van der Waals surface area contributed by atoms with Gasteiger partial charge in [-0.3, -0.25) is 9.88 Å². The number of aromatic nitrogens is 1. The Morgan fingerprint density at radius 3 is 2.94 bits per heavy atom. The number of nitrogens with zero attached hydrogens (tertiary/aromatic N) is 2. The lowest BCUT2D eigenvalue weighted by Gasteiger charge is -2.26. The number of unbranched alkanes of at least 4 members (excludes halogenated alkanes) is 1. The van der Waals surface area contributed by atoms with E-state index in [1.807, 2.05) is 6.07 Å². The van der Waals surface area contributed by atoms with Crippen molar-refractivity contribution < 1.29 is 4.74 Å². The molecule has 0 spiro atoms. The minimum Gasteiger partial charge on any atom is -0.384 e. The fourth-order valence-electron chi connectivity index (χ4n) is 2.03. The van der Waals surface area contributed by atoms with Gasteiger partial charge < -0.3 is 10.1 Å². The molecule has 1 aliphatic heterocycles.